The molecule has 0 spiro atoms. The maximum absolute atomic E-state index is 11.6. The molecular weight excluding hydrogens is 256 g/mol. The molecule has 110 valence electrons. The van der Waals surface area contributed by atoms with Crippen molar-refractivity contribution >= 4 is 17.6 Å². The second-order valence-corrected chi connectivity index (χ2v) is 4.57. The van der Waals surface area contributed by atoms with E-state index in [1.54, 1.807) is 12.1 Å². The number of amides is 3. The average molecular weight is 278 g/mol. The number of nitrogens with one attached hydrogen (secondary N) is 3. The van der Waals surface area contributed by atoms with Gasteiger partial charge in [0.25, 0.3) is 0 Å². The minimum absolute atomic E-state index is 0.0379. The molecule has 0 fully saturated rings. The van der Waals surface area contributed by atoms with E-state index in [0.29, 0.717) is 12.2 Å². The standard InChI is InChI=1S/C14H22N4O2/c1-3-8-16-13(19)9-17-14(20)18-12-6-4-11(5-7-12)10(2)15/h4-7,10H,3,8-9,15H2,1-2H3,(H,16,19)(H2,17,18,20). The zero-order chi connectivity index (χ0) is 15.0. The number of anilines is 1. The minimum atomic E-state index is -0.412. The monoisotopic (exact) mass is 278 g/mol. The van der Waals surface area contributed by atoms with Gasteiger partial charge in [-0.1, -0.05) is 19.1 Å². The molecule has 3 amide bonds. The highest BCUT2D eigenvalue weighted by atomic mass is 16.2. The van der Waals surface area contributed by atoms with Crippen molar-refractivity contribution in [2.45, 2.75) is 26.3 Å². The average Bonchev–Trinajstić information content (AvgIpc) is 2.43. The molecular formula is C14H22N4O2. The molecule has 0 aliphatic rings. The number of nitrogens with two attached hydrogens (primary N) is 1. The van der Waals surface area contributed by atoms with Crippen molar-refractivity contribution < 1.29 is 9.59 Å². The molecule has 1 atom stereocenters. The van der Waals surface area contributed by atoms with Crippen molar-refractivity contribution in [2.24, 2.45) is 5.73 Å². The summed E-state index contributed by atoms with van der Waals surface area (Å²) in [5.74, 6) is -0.200. The van der Waals surface area contributed by atoms with Crippen LogP contribution in [0.4, 0.5) is 10.5 Å². The molecule has 6 heteroatoms. The van der Waals surface area contributed by atoms with Crippen LogP contribution in [0, 0.1) is 0 Å². The number of carbonyl (C=O) groups is 2. The topological polar surface area (TPSA) is 96.2 Å². The normalized spacial score (nSPS) is 11.6. The Balaban J connectivity index is 2.36. The second-order valence-electron chi connectivity index (χ2n) is 4.57. The predicted octanol–water partition coefficient (Wildman–Crippen LogP) is 1.35. The van der Waals surface area contributed by atoms with Crippen LogP contribution < -0.4 is 21.7 Å². The summed E-state index contributed by atoms with van der Waals surface area (Å²) in [6.07, 6.45) is 0.865. The van der Waals surface area contributed by atoms with Gasteiger partial charge in [-0.3, -0.25) is 4.79 Å². The molecule has 0 radical (unpaired) electrons. The molecule has 6 nitrogen and oxygen atoms in total. The maximum atomic E-state index is 11.6. The van der Waals surface area contributed by atoms with Crippen molar-refractivity contribution in [3.63, 3.8) is 0 Å². The highest BCUT2D eigenvalue weighted by Gasteiger charge is 2.05. The Morgan fingerprint density at radius 1 is 1.20 bits per heavy atom. The van der Waals surface area contributed by atoms with Gasteiger partial charge in [-0.05, 0) is 31.0 Å². The van der Waals surface area contributed by atoms with Gasteiger partial charge in [0, 0.05) is 18.3 Å². The fraction of sp³-hybridized carbons (Fsp3) is 0.429. The molecule has 0 aliphatic heterocycles. The molecule has 0 saturated heterocycles. The van der Waals surface area contributed by atoms with Crippen molar-refractivity contribution in [3.05, 3.63) is 29.8 Å². The third kappa shape index (κ3) is 5.71. The Hall–Kier alpha value is -2.08. The minimum Gasteiger partial charge on any atom is -0.355 e. The van der Waals surface area contributed by atoms with E-state index in [9.17, 15) is 9.59 Å². The van der Waals surface area contributed by atoms with Crippen LogP contribution in [0.2, 0.25) is 0 Å². The van der Waals surface area contributed by atoms with Crippen LogP contribution in [0.25, 0.3) is 0 Å². The third-order valence-electron chi connectivity index (χ3n) is 2.68. The molecule has 1 rings (SSSR count). The lowest BCUT2D eigenvalue weighted by Gasteiger charge is -2.09. The van der Waals surface area contributed by atoms with Crippen molar-refractivity contribution in [1.29, 1.82) is 0 Å². The van der Waals surface area contributed by atoms with Crippen LogP contribution in [-0.2, 0) is 4.79 Å². The van der Waals surface area contributed by atoms with Crippen LogP contribution in [0.1, 0.15) is 31.9 Å². The van der Waals surface area contributed by atoms with Gasteiger partial charge in [-0.2, -0.15) is 0 Å². The predicted molar refractivity (Wildman–Crippen MR) is 79.4 cm³/mol. The lowest BCUT2D eigenvalue weighted by atomic mass is 10.1. The molecule has 1 unspecified atom stereocenters. The molecule has 1 aromatic carbocycles. The first kappa shape index (κ1) is 16.0. The van der Waals surface area contributed by atoms with Crippen LogP contribution >= 0.6 is 0 Å². The highest BCUT2D eigenvalue weighted by molar-refractivity contribution is 5.92. The number of urea groups is 1. The lowest BCUT2D eigenvalue weighted by molar-refractivity contribution is -0.120. The van der Waals surface area contributed by atoms with E-state index in [1.165, 1.54) is 0 Å². The Morgan fingerprint density at radius 3 is 2.40 bits per heavy atom. The summed E-state index contributed by atoms with van der Waals surface area (Å²) in [7, 11) is 0. The fourth-order valence-corrected chi connectivity index (χ4v) is 1.53. The third-order valence-corrected chi connectivity index (χ3v) is 2.68. The largest absolute Gasteiger partial charge is 0.355 e. The van der Waals surface area contributed by atoms with Gasteiger partial charge in [0.05, 0.1) is 6.54 Å². The van der Waals surface area contributed by atoms with E-state index in [0.717, 1.165) is 12.0 Å². The first-order valence-corrected chi connectivity index (χ1v) is 6.70. The molecule has 0 heterocycles. The van der Waals surface area contributed by atoms with Crippen LogP contribution in [0.5, 0.6) is 0 Å². The van der Waals surface area contributed by atoms with Gasteiger partial charge in [0.2, 0.25) is 5.91 Å². The lowest BCUT2D eigenvalue weighted by Crippen LogP contribution is -2.39. The summed E-state index contributed by atoms with van der Waals surface area (Å²) in [6, 6.07) is 6.80. The summed E-state index contributed by atoms with van der Waals surface area (Å²) in [4.78, 5) is 22.9. The van der Waals surface area contributed by atoms with E-state index in [-0.39, 0.29) is 18.5 Å². The van der Waals surface area contributed by atoms with Crippen molar-refractivity contribution in [1.82, 2.24) is 10.6 Å². The zero-order valence-electron chi connectivity index (χ0n) is 11.9. The molecule has 0 bridgehead atoms. The van der Waals surface area contributed by atoms with Gasteiger partial charge < -0.3 is 21.7 Å². The smallest absolute Gasteiger partial charge is 0.319 e. The molecule has 0 aromatic heterocycles. The summed E-state index contributed by atoms with van der Waals surface area (Å²) in [6.45, 7) is 4.43. The Kier molecular flexibility index (Phi) is 6.52. The van der Waals surface area contributed by atoms with Gasteiger partial charge in [0.15, 0.2) is 0 Å². The number of hydrogen-bond donors (Lipinski definition) is 4. The molecule has 0 aliphatic carbocycles. The fourth-order valence-electron chi connectivity index (χ4n) is 1.53. The van der Waals surface area contributed by atoms with E-state index < -0.39 is 6.03 Å². The van der Waals surface area contributed by atoms with E-state index in [2.05, 4.69) is 16.0 Å². The zero-order valence-corrected chi connectivity index (χ0v) is 11.9. The van der Waals surface area contributed by atoms with E-state index in [4.69, 9.17) is 5.73 Å². The molecule has 20 heavy (non-hydrogen) atoms. The number of benzene rings is 1. The number of hydrogen-bond acceptors (Lipinski definition) is 3. The Bertz CT molecular complexity index is 443. The molecule has 5 N–H and O–H groups in total. The molecule has 1 aromatic rings. The number of rotatable bonds is 6. The summed E-state index contributed by atoms with van der Waals surface area (Å²) in [5.41, 5.74) is 7.39. The number of carbonyl (C=O) groups excluding carboxylic acids is 2. The SMILES string of the molecule is CCCNC(=O)CNC(=O)Nc1ccc(C(C)N)cc1. The highest BCUT2D eigenvalue weighted by Crippen LogP contribution is 2.13. The van der Waals surface area contributed by atoms with Crippen molar-refractivity contribution in [2.75, 3.05) is 18.4 Å². The summed E-state index contributed by atoms with van der Waals surface area (Å²) < 4.78 is 0. The van der Waals surface area contributed by atoms with Gasteiger partial charge in [0.1, 0.15) is 0 Å². The maximum Gasteiger partial charge on any atom is 0.319 e. The van der Waals surface area contributed by atoms with Crippen molar-refractivity contribution in [3.8, 4) is 0 Å². The second kappa shape index (κ2) is 8.16. The Labute approximate surface area is 119 Å². The van der Waals surface area contributed by atoms with Crippen LogP contribution in [0.15, 0.2) is 24.3 Å². The summed E-state index contributed by atoms with van der Waals surface area (Å²) >= 11 is 0. The van der Waals surface area contributed by atoms with Crippen LogP contribution in [0.3, 0.4) is 0 Å². The quantitative estimate of drug-likeness (QED) is 0.632. The summed E-state index contributed by atoms with van der Waals surface area (Å²) in [5, 5.41) is 7.82. The van der Waals surface area contributed by atoms with Gasteiger partial charge >= 0.3 is 6.03 Å². The first-order chi connectivity index (χ1) is 9.52. The van der Waals surface area contributed by atoms with Gasteiger partial charge in [-0.15, -0.1) is 0 Å². The van der Waals surface area contributed by atoms with E-state index in [1.807, 2.05) is 26.0 Å². The molecule has 0 saturated carbocycles. The van der Waals surface area contributed by atoms with E-state index >= 15 is 0 Å². The van der Waals surface area contributed by atoms with Gasteiger partial charge in [-0.25, -0.2) is 4.79 Å². The Morgan fingerprint density at radius 2 is 1.85 bits per heavy atom. The first-order valence-electron chi connectivity index (χ1n) is 6.70. The van der Waals surface area contributed by atoms with Crippen LogP contribution in [-0.4, -0.2) is 25.0 Å².